The fourth-order valence-electron chi connectivity index (χ4n) is 0.657. The number of methoxy groups -OCH3 is 1. The highest BCUT2D eigenvalue weighted by Gasteiger charge is 2.08. The fourth-order valence-corrected chi connectivity index (χ4v) is 2.33. The minimum Gasteiger partial charge on any atom is -0.480 e. The summed E-state index contributed by atoms with van der Waals surface area (Å²) in [6.07, 6.45) is 0. The zero-order valence-electron chi connectivity index (χ0n) is 6.35. The van der Waals surface area contributed by atoms with Gasteiger partial charge in [0.05, 0.1) is 7.11 Å². The third kappa shape index (κ3) is 2.76. The molecule has 0 amide bonds. The predicted molar refractivity (Wildman–Crippen MR) is 45.5 cm³/mol. The Balaban J connectivity index is 2.78. The molecule has 0 bridgehead atoms. The SMILES string of the molecule is COc1cc(CS(N)(=O)=O)sn1. The van der Waals surface area contributed by atoms with Crippen LogP contribution >= 0.6 is 11.5 Å². The minimum absolute atomic E-state index is 0.186. The summed E-state index contributed by atoms with van der Waals surface area (Å²) in [5, 5.41) is 4.83. The molecule has 0 spiro atoms. The highest BCUT2D eigenvalue weighted by atomic mass is 32.2. The van der Waals surface area contributed by atoms with Crippen LogP contribution in [0.25, 0.3) is 0 Å². The van der Waals surface area contributed by atoms with Crippen molar-refractivity contribution in [3.8, 4) is 5.88 Å². The molecule has 0 fully saturated rings. The zero-order valence-corrected chi connectivity index (χ0v) is 7.98. The molecule has 0 saturated heterocycles. The van der Waals surface area contributed by atoms with E-state index in [2.05, 4.69) is 4.37 Å². The van der Waals surface area contributed by atoms with E-state index in [0.29, 0.717) is 10.8 Å². The summed E-state index contributed by atoms with van der Waals surface area (Å²) >= 11 is 1.07. The first-order chi connectivity index (χ1) is 5.51. The van der Waals surface area contributed by atoms with Gasteiger partial charge in [0.2, 0.25) is 15.9 Å². The molecule has 68 valence electrons. The molecule has 0 aliphatic heterocycles. The topological polar surface area (TPSA) is 82.3 Å². The molecule has 2 N–H and O–H groups in total. The number of nitrogens with two attached hydrogens (primary N) is 1. The average molecular weight is 208 g/mol. The van der Waals surface area contributed by atoms with E-state index in [4.69, 9.17) is 9.88 Å². The molecule has 1 aromatic heterocycles. The molecule has 0 aromatic carbocycles. The number of primary sulfonamides is 1. The molecule has 0 saturated carbocycles. The van der Waals surface area contributed by atoms with Crippen LogP contribution in [-0.2, 0) is 15.8 Å². The van der Waals surface area contributed by atoms with E-state index in [9.17, 15) is 8.42 Å². The molecule has 5 nitrogen and oxygen atoms in total. The summed E-state index contributed by atoms with van der Waals surface area (Å²) in [6, 6.07) is 1.55. The van der Waals surface area contributed by atoms with Gasteiger partial charge in [0, 0.05) is 10.9 Å². The number of nitrogens with zero attached hydrogens (tertiary/aromatic N) is 1. The van der Waals surface area contributed by atoms with Gasteiger partial charge in [-0.1, -0.05) is 0 Å². The number of aromatic nitrogens is 1. The Morgan fingerprint density at radius 2 is 2.42 bits per heavy atom. The summed E-state index contributed by atoms with van der Waals surface area (Å²) in [4.78, 5) is 0.578. The maximum Gasteiger partial charge on any atom is 0.225 e. The molecule has 0 aliphatic rings. The van der Waals surface area contributed by atoms with Crippen LogP contribution in [0.15, 0.2) is 6.07 Å². The Hall–Kier alpha value is -0.660. The summed E-state index contributed by atoms with van der Waals surface area (Å²) < 4.78 is 29.8. The van der Waals surface area contributed by atoms with E-state index in [-0.39, 0.29) is 5.75 Å². The highest BCUT2D eigenvalue weighted by molar-refractivity contribution is 7.88. The molecule has 7 heteroatoms. The van der Waals surface area contributed by atoms with Crippen molar-refractivity contribution < 1.29 is 13.2 Å². The Morgan fingerprint density at radius 3 is 2.83 bits per heavy atom. The molecule has 0 atom stereocenters. The third-order valence-corrected chi connectivity index (χ3v) is 2.75. The molecule has 1 aromatic rings. The number of hydrogen-bond acceptors (Lipinski definition) is 5. The fraction of sp³-hybridized carbons (Fsp3) is 0.400. The maximum absolute atomic E-state index is 10.6. The van der Waals surface area contributed by atoms with Gasteiger partial charge in [-0.25, -0.2) is 13.6 Å². The molecule has 12 heavy (non-hydrogen) atoms. The Kier molecular flexibility index (Phi) is 2.65. The van der Waals surface area contributed by atoms with Gasteiger partial charge in [0.25, 0.3) is 0 Å². The summed E-state index contributed by atoms with van der Waals surface area (Å²) in [7, 11) is -1.99. The van der Waals surface area contributed by atoms with Gasteiger partial charge in [-0.05, 0) is 11.5 Å². The Morgan fingerprint density at radius 1 is 1.75 bits per heavy atom. The average Bonchev–Trinajstić information content (AvgIpc) is 2.32. The van der Waals surface area contributed by atoms with Crippen molar-refractivity contribution in [1.29, 1.82) is 0 Å². The molecular formula is C5H8N2O3S2. The number of rotatable bonds is 3. The molecular weight excluding hydrogens is 200 g/mol. The quantitative estimate of drug-likeness (QED) is 0.754. The summed E-state index contributed by atoms with van der Waals surface area (Å²) in [5.41, 5.74) is 0. The van der Waals surface area contributed by atoms with Crippen molar-refractivity contribution in [3.05, 3.63) is 10.9 Å². The van der Waals surface area contributed by atoms with Crippen molar-refractivity contribution >= 4 is 21.6 Å². The Labute approximate surface area is 74.4 Å². The van der Waals surface area contributed by atoms with Crippen LogP contribution in [0.3, 0.4) is 0 Å². The van der Waals surface area contributed by atoms with Gasteiger partial charge in [0.1, 0.15) is 5.75 Å². The smallest absolute Gasteiger partial charge is 0.225 e. The van der Waals surface area contributed by atoms with Crippen LogP contribution < -0.4 is 9.88 Å². The van der Waals surface area contributed by atoms with Crippen molar-refractivity contribution in [2.75, 3.05) is 7.11 Å². The molecule has 1 heterocycles. The second-order valence-electron chi connectivity index (χ2n) is 2.14. The lowest BCUT2D eigenvalue weighted by molar-refractivity contribution is 0.402. The first-order valence-corrected chi connectivity index (χ1v) is 5.50. The second-order valence-corrected chi connectivity index (χ2v) is 4.65. The van der Waals surface area contributed by atoms with Gasteiger partial charge in [-0.15, -0.1) is 0 Å². The van der Waals surface area contributed by atoms with Gasteiger partial charge < -0.3 is 4.74 Å². The molecule has 1 rings (SSSR count). The van der Waals surface area contributed by atoms with Crippen LogP contribution in [0.4, 0.5) is 0 Å². The molecule has 0 radical (unpaired) electrons. The van der Waals surface area contributed by atoms with Crippen LogP contribution in [0.2, 0.25) is 0 Å². The standard InChI is InChI=1S/C5H8N2O3S2/c1-10-5-2-4(11-7-5)3-12(6,8)9/h2H,3H2,1H3,(H2,6,8,9). The largest absolute Gasteiger partial charge is 0.480 e. The Bertz CT molecular complexity index is 357. The van der Waals surface area contributed by atoms with E-state index in [1.54, 1.807) is 6.07 Å². The summed E-state index contributed by atoms with van der Waals surface area (Å²) in [6.45, 7) is 0. The molecule has 0 aliphatic carbocycles. The summed E-state index contributed by atoms with van der Waals surface area (Å²) in [5.74, 6) is 0.229. The van der Waals surface area contributed by atoms with E-state index >= 15 is 0 Å². The predicted octanol–water partition coefficient (Wildman–Crippen LogP) is -0.0598. The highest BCUT2D eigenvalue weighted by Crippen LogP contribution is 2.17. The number of sulfonamides is 1. The first-order valence-electron chi connectivity index (χ1n) is 3.01. The van der Waals surface area contributed by atoms with Crippen LogP contribution in [0, 0.1) is 0 Å². The van der Waals surface area contributed by atoms with E-state index in [1.165, 1.54) is 7.11 Å². The van der Waals surface area contributed by atoms with E-state index in [1.807, 2.05) is 0 Å². The number of hydrogen-bond donors (Lipinski definition) is 1. The normalized spacial score (nSPS) is 11.5. The monoisotopic (exact) mass is 208 g/mol. The van der Waals surface area contributed by atoms with Crippen molar-refractivity contribution in [3.63, 3.8) is 0 Å². The minimum atomic E-state index is -3.46. The molecule has 0 unspecified atom stereocenters. The van der Waals surface area contributed by atoms with Gasteiger partial charge in [-0.3, -0.25) is 0 Å². The van der Waals surface area contributed by atoms with E-state index < -0.39 is 10.0 Å². The first kappa shape index (κ1) is 9.43. The van der Waals surface area contributed by atoms with Gasteiger partial charge >= 0.3 is 0 Å². The van der Waals surface area contributed by atoms with Gasteiger partial charge in [0.15, 0.2) is 0 Å². The third-order valence-electron chi connectivity index (χ3n) is 1.09. The maximum atomic E-state index is 10.6. The lowest BCUT2D eigenvalue weighted by Crippen LogP contribution is -2.13. The van der Waals surface area contributed by atoms with Gasteiger partial charge in [-0.2, -0.15) is 4.37 Å². The number of ether oxygens (including phenoxy) is 1. The lowest BCUT2D eigenvalue weighted by atomic mass is 10.5. The van der Waals surface area contributed by atoms with Crippen LogP contribution in [-0.4, -0.2) is 19.9 Å². The van der Waals surface area contributed by atoms with E-state index in [0.717, 1.165) is 11.5 Å². The zero-order chi connectivity index (χ0) is 9.19. The second kappa shape index (κ2) is 3.38. The van der Waals surface area contributed by atoms with Crippen molar-refractivity contribution in [1.82, 2.24) is 4.37 Å². The van der Waals surface area contributed by atoms with Crippen molar-refractivity contribution in [2.45, 2.75) is 5.75 Å². The lowest BCUT2D eigenvalue weighted by Gasteiger charge is -1.90. The van der Waals surface area contributed by atoms with Crippen molar-refractivity contribution in [2.24, 2.45) is 5.14 Å². The van der Waals surface area contributed by atoms with Crippen LogP contribution in [0.1, 0.15) is 4.88 Å². The van der Waals surface area contributed by atoms with Crippen LogP contribution in [0.5, 0.6) is 5.88 Å².